The third-order valence-corrected chi connectivity index (χ3v) is 3.46. The average Bonchev–Trinajstić information content (AvgIpc) is 2.91. The van der Waals surface area contributed by atoms with Crippen LogP contribution in [0, 0.1) is 0 Å². The highest BCUT2D eigenvalue weighted by Crippen LogP contribution is 2.20. The molecule has 0 spiro atoms. The van der Waals surface area contributed by atoms with E-state index in [1.807, 2.05) is 36.4 Å². The van der Waals surface area contributed by atoms with Gasteiger partial charge in [-0.25, -0.2) is 0 Å². The van der Waals surface area contributed by atoms with Crippen LogP contribution < -0.4 is 0 Å². The van der Waals surface area contributed by atoms with E-state index >= 15 is 0 Å². The molecule has 2 aromatic heterocycles. The highest BCUT2D eigenvalue weighted by atomic mass is 79.9. The van der Waals surface area contributed by atoms with Gasteiger partial charge in [0.2, 0.25) is 11.7 Å². The zero-order valence-electron chi connectivity index (χ0n) is 9.95. The fraction of sp³-hybridized carbons (Fsp3) is 0.0714. The molecule has 0 N–H and O–H groups in total. The van der Waals surface area contributed by atoms with Gasteiger partial charge in [-0.2, -0.15) is 4.98 Å². The molecule has 0 fully saturated rings. The highest BCUT2D eigenvalue weighted by molar-refractivity contribution is 9.10. The summed E-state index contributed by atoms with van der Waals surface area (Å²) in [7, 11) is 0. The maximum atomic E-state index is 5.27. The van der Waals surface area contributed by atoms with Gasteiger partial charge in [0, 0.05) is 22.4 Å². The number of hydrogen-bond donors (Lipinski definition) is 0. The Bertz CT molecular complexity index is 682. The van der Waals surface area contributed by atoms with Crippen molar-refractivity contribution in [2.24, 2.45) is 0 Å². The van der Waals surface area contributed by atoms with Crippen LogP contribution in [0.4, 0.5) is 0 Å². The van der Waals surface area contributed by atoms with E-state index in [4.69, 9.17) is 4.52 Å². The van der Waals surface area contributed by atoms with Gasteiger partial charge in [0.05, 0.1) is 6.42 Å². The third kappa shape index (κ3) is 2.71. The first-order valence-corrected chi connectivity index (χ1v) is 6.58. The van der Waals surface area contributed by atoms with E-state index in [0.717, 1.165) is 15.6 Å². The summed E-state index contributed by atoms with van der Waals surface area (Å²) < 4.78 is 6.31. The number of benzene rings is 1. The molecule has 3 rings (SSSR count). The normalized spacial score (nSPS) is 10.6. The Balaban J connectivity index is 1.85. The number of aromatic nitrogens is 3. The van der Waals surface area contributed by atoms with Crippen molar-refractivity contribution in [3.05, 3.63) is 64.7 Å². The second-order valence-electron chi connectivity index (χ2n) is 4.02. The van der Waals surface area contributed by atoms with E-state index in [2.05, 4.69) is 31.1 Å². The number of rotatable bonds is 3. The van der Waals surface area contributed by atoms with Gasteiger partial charge in [-0.1, -0.05) is 39.3 Å². The molecule has 0 unspecified atom stereocenters. The summed E-state index contributed by atoms with van der Waals surface area (Å²) in [4.78, 5) is 8.42. The molecule has 0 saturated heterocycles. The number of pyridine rings is 1. The second kappa shape index (κ2) is 5.32. The summed E-state index contributed by atoms with van der Waals surface area (Å²) in [6.45, 7) is 0. The quantitative estimate of drug-likeness (QED) is 0.742. The van der Waals surface area contributed by atoms with Crippen LogP contribution >= 0.6 is 15.9 Å². The minimum absolute atomic E-state index is 0.565. The van der Waals surface area contributed by atoms with Crippen LogP contribution in [0.1, 0.15) is 11.5 Å². The van der Waals surface area contributed by atoms with Gasteiger partial charge >= 0.3 is 0 Å². The molecule has 0 amide bonds. The van der Waals surface area contributed by atoms with Crippen LogP contribution in [0.3, 0.4) is 0 Å². The first-order valence-electron chi connectivity index (χ1n) is 5.79. The lowest BCUT2D eigenvalue weighted by atomic mass is 10.1. The fourth-order valence-corrected chi connectivity index (χ4v) is 2.17. The molecule has 0 saturated carbocycles. The second-order valence-corrected chi connectivity index (χ2v) is 4.88. The molecule has 94 valence electrons. The molecule has 0 radical (unpaired) electrons. The molecule has 0 aliphatic carbocycles. The van der Waals surface area contributed by atoms with Gasteiger partial charge in [0.15, 0.2) is 0 Å². The molecule has 0 bridgehead atoms. The molecule has 4 nitrogen and oxygen atoms in total. The Morgan fingerprint density at radius 2 is 2.00 bits per heavy atom. The van der Waals surface area contributed by atoms with Crippen LogP contribution in [-0.2, 0) is 6.42 Å². The molecule has 19 heavy (non-hydrogen) atoms. The highest BCUT2D eigenvalue weighted by Gasteiger charge is 2.10. The first kappa shape index (κ1) is 12.0. The summed E-state index contributed by atoms with van der Waals surface area (Å²) in [6.07, 6.45) is 4.04. The zero-order chi connectivity index (χ0) is 13.1. The molecule has 0 aliphatic heterocycles. The predicted octanol–water partition coefficient (Wildman–Crippen LogP) is 3.48. The van der Waals surface area contributed by atoms with Gasteiger partial charge in [-0.05, 0) is 23.8 Å². The molecular weight excluding hydrogens is 306 g/mol. The van der Waals surface area contributed by atoms with Crippen molar-refractivity contribution >= 4 is 15.9 Å². The van der Waals surface area contributed by atoms with Gasteiger partial charge in [-0.3, -0.25) is 4.98 Å². The summed E-state index contributed by atoms with van der Waals surface area (Å²) >= 11 is 3.51. The Kier molecular flexibility index (Phi) is 3.37. The number of halogens is 1. The Hall–Kier alpha value is -2.01. The number of nitrogens with zero attached hydrogens (tertiary/aromatic N) is 3. The minimum atomic E-state index is 0.565. The van der Waals surface area contributed by atoms with E-state index in [0.29, 0.717) is 18.1 Å². The topological polar surface area (TPSA) is 51.8 Å². The molecule has 3 aromatic rings. The molecule has 5 heteroatoms. The minimum Gasteiger partial charge on any atom is -0.339 e. The van der Waals surface area contributed by atoms with Crippen molar-refractivity contribution in [3.8, 4) is 11.4 Å². The van der Waals surface area contributed by atoms with E-state index in [-0.39, 0.29) is 0 Å². The molecular formula is C14H10BrN3O. The lowest BCUT2D eigenvalue weighted by Gasteiger charge is -1.99. The van der Waals surface area contributed by atoms with Crippen LogP contribution in [0.15, 0.2) is 57.8 Å². The van der Waals surface area contributed by atoms with Crippen molar-refractivity contribution in [1.82, 2.24) is 15.1 Å². The molecule has 0 atom stereocenters. The Labute approximate surface area is 118 Å². The largest absolute Gasteiger partial charge is 0.339 e. The van der Waals surface area contributed by atoms with Crippen molar-refractivity contribution in [2.75, 3.05) is 0 Å². The maximum Gasteiger partial charge on any atom is 0.231 e. The summed E-state index contributed by atoms with van der Waals surface area (Å²) in [5, 5.41) is 3.97. The first-order chi connectivity index (χ1) is 9.33. The zero-order valence-corrected chi connectivity index (χ0v) is 11.5. The monoisotopic (exact) mass is 315 g/mol. The standard InChI is InChI=1S/C14H10BrN3O/c15-12-6-2-1-4-10(12)8-13-17-14(18-19-13)11-5-3-7-16-9-11/h1-7,9H,8H2. The fourth-order valence-electron chi connectivity index (χ4n) is 1.74. The molecule has 1 aromatic carbocycles. The van der Waals surface area contributed by atoms with Crippen molar-refractivity contribution in [2.45, 2.75) is 6.42 Å². The van der Waals surface area contributed by atoms with Gasteiger partial charge in [-0.15, -0.1) is 0 Å². The smallest absolute Gasteiger partial charge is 0.231 e. The Morgan fingerprint density at radius 1 is 1.11 bits per heavy atom. The number of hydrogen-bond acceptors (Lipinski definition) is 4. The van der Waals surface area contributed by atoms with Gasteiger partial charge in [0.1, 0.15) is 0 Å². The van der Waals surface area contributed by atoms with Crippen molar-refractivity contribution < 1.29 is 4.52 Å². The SMILES string of the molecule is Brc1ccccc1Cc1nc(-c2cccnc2)no1. The predicted molar refractivity (Wildman–Crippen MR) is 74.5 cm³/mol. The Morgan fingerprint density at radius 3 is 2.79 bits per heavy atom. The van der Waals surface area contributed by atoms with Crippen LogP contribution in [0.25, 0.3) is 11.4 Å². The van der Waals surface area contributed by atoms with Gasteiger partial charge < -0.3 is 4.52 Å². The van der Waals surface area contributed by atoms with E-state index in [1.165, 1.54) is 0 Å². The summed E-state index contributed by atoms with van der Waals surface area (Å²) in [6, 6.07) is 11.7. The molecule has 2 heterocycles. The van der Waals surface area contributed by atoms with Crippen molar-refractivity contribution in [3.63, 3.8) is 0 Å². The summed E-state index contributed by atoms with van der Waals surface area (Å²) in [5.41, 5.74) is 1.97. The average molecular weight is 316 g/mol. The van der Waals surface area contributed by atoms with Gasteiger partial charge in [0.25, 0.3) is 0 Å². The van der Waals surface area contributed by atoms with Crippen molar-refractivity contribution in [1.29, 1.82) is 0 Å². The lowest BCUT2D eigenvalue weighted by molar-refractivity contribution is 0.385. The van der Waals surface area contributed by atoms with Crippen LogP contribution in [0.2, 0.25) is 0 Å². The van der Waals surface area contributed by atoms with E-state index in [1.54, 1.807) is 12.4 Å². The van der Waals surface area contributed by atoms with E-state index < -0.39 is 0 Å². The van der Waals surface area contributed by atoms with Crippen LogP contribution in [-0.4, -0.2) is 15.1 Å². The van der Waals surface area contributed by atoms with Crippen LogP contribution in [0.5, 0.6) is 0 Å². The van der Waals surface area contributed by atoms with E-state index in [9.17, 15) is 0 Å². The third-order valence-electron chi connectivity index (χ3n) is 2.69. The maximum absolute atomic E-state index is 5.27. The molecule has 0 aliphatic rings. The lowest BCUT2D eigenvalue weighted by Crippen LogP contribution is -1.89. The summed E-state index contributed by atoms with van der Waals surface area (Å²) in [5.74, 6) is 1.15.